The van der Waals surface area contributed by atoms with E-state index in [2.05, 4.69) is 25.9 Å². The number of H-pyrrole nitrogens is 1. The number of fused-ring (bicyclic) bond motifs is 1. The van der Waals surface area contributed by atoms with Crippen LogP contribution in [0.5, 0.6) is 0 Å². The molecule has 162 valence electrons. The minimum Gasteiger partial charge on any atom is -0.361 e. The van der Waals surface area contributed by atoms with E-state index >= 15 is 0 Å². The Bertz CT molecular complexity index is 1280. The lowest BCUT2D eigenvalue weighted by atomic mass is 9.98. The fourth-order valence-electron chi connectivity index (χ4n) is 3.46. The predicted octanol–water partition coefficient (Wildman–Crippen LogP) is 3.09. The number of hydrogen-bond donors (Lipinski definition) is 3. The summed E-state index contributed by atoms with van der Waals surface area (Å²) >= 11 is 1.57. The number of nitrogens with one attached hydrogen (secondary N) is 2. The number of sulfone groups is 1. The second kappa shape index (κ2) is 9.08. The van der Waals surface area contributed by atoms with Gasteiger partial charge in [0.25, 0.3) is 0 Å². The van der Waals surface area contributed by atoms with Crippen LogP contribution in [0, 0.1) is 0 Å². The smallest absolute Gasteiger partial charge is 0.183 e. The minimum atomic E-state index is -3.51. The molecule has 0 saturated heterocycles. The molecule has 0 amide bonds. The molecule has 0 aliphatic carbocycles. The van der Waals surface area contributed by atoms with Crippen LogP contribution in [0.2, 0.25) is 0 Å². The standard InChI is InChI=1S/C20H23N7O2S2/c1-31(28,29)16-10-6-7-13(17(16)19-24-26-27-25-19)14-8-5-9-15-18(14)23-20(30-15)22-12-4-2-3-11-21/h5-10H,2-4,11-12,21H2,1H3,(H,22,23)(H,24,25,26,27). The monoisotopic (exact) mass is 457 g/mol. The number of nitrogens with two attached hydrogens (primary N) is 1. The topological polar surface area (TPSA) is 140 Å². The van der Waals surface area contributed by atoms with Crippen LogP contribution in [-0.4, -0.2) is 53.4 Å². The number of benzene rings is 2. The lowest BCUT2D eigenvalue weighted by Gasteiger charge is -2.12. The molecule has 0 saturated carbocycles. The van der Waals surface area contributed by atoms with Crippen molar-refractivity contribution in [2.45, 2.75) is 24.2 Å². The first-order chi connectivity index (χ1) is 15.0. The van der Waals surface area contributed by atoms with E-state index in [1.165, 1.54) is 6.26 Å². The summed E-state index contributed by atoms with van der Waals surface area (Å²) in [4.78, 5) is 4.95. The van der Waals surface area contributed by atoms with Crippen LogP contribution in [-0.2, 0) is 9.84 Å². The SMILES string of the molecule is CS(=O)(=O)c1cccc(-c2cccc3sc(NCCCCCN)nc23)c1-c1nnn[nH]1. The van der Waals surface area contributed by atoms with Gasteiger partial charge in [0, 0.05) is 23.9 Å². The third-order valence-corrected chi connectivity index (χ3v) is 6.99. The number of rotatable bonds is 9. The van der Waals surface area contributed by atoms with Crippen LogP contribution < -0.4 is 11.1 Å². The van der Waals surface area contributed by atoms with E-state index < -0.39 is 9.84 Å². The molecular weight excluding hydrogens is 434 g/mol. The number of anilines is 1. The molecule has 4 rings (SSSR count). The van der Waals surface area contributed by atoms with E-state index in [1.54, 1.807) is 23.5 Å². The number of aromatic nitrogens is 5. The van der Waals surface area contributed by atoms with E-state index in [0.717, 1.165) is 46.7 Å². The highest BCUT2D eigenvalue weighted by Crippen LogP contribution is 2.40. The molecule has 0 unspecified atom stereocenters. The lowest BCUT2D eigenvalue weighted by molar-refractivity contribution is 0.602. The lowest BCUT2D eigenvalue weighted by Crippen LogP contribution is -2.03. The van der Waals surface area contributed by atoms with E-state index in [0.29, 0.717) is 23.5 Å². The number of aromatic amines is 1. The Hall–Kier alpha value is -2.89. The van der Waals surface area contributed by atoms with Gasteiger partial charge in [-0.15, -0.1) is 5.10 Å². The van der Waals surface area contributed by atoms with Crippen LogP contribution in [0.25, 0.3) is 32.7 Å². The largest absolute Gasteiger partial charge is 0.361 e. The summed E-state index contributed by atoms with van der Waals surface area (Å²) in [6, 6.07) is 11.0. The second-order valence-electron chi connectivity index (χ2n) is 7.15. The molecule has 2 aromatic carbocycles. The van der Waals surface area contributed by atoms with Gasteiger partial charge in [0.1, 0.15) is 0 Å². The van der Waals surface area contributed by atoms with Crippen LogP contribution in [0.3, 0.4) is 0 Å². The summed E-state index contributed by atoms with van der Waals surface area (Å²) in [5.41, 5.74) is 8.31. The number of hydrogen-bond acceptors (Lipinski definition) is 9. The quantitative estimate of drug-likeness (QED) is 0.326. The predicted molar refractivity (Wildman–Crippen MR) is 123 cm³/mol. The van der Waals surface area contributed by atoms with E-state index in [1.807, 2.05) is 24.3 Å². The molecular formula is C20H23N7O2S2. The van der Waals surface area contributed by atoms with Crippen molar-refractivity contribution >= 4 is 36.5 Å². The highest BCUT2D eigenvalue weighted by atomic mass is 32.2. The van der Waals surface area contributed by atoms with Gasteiger partial charge in [0.05, 0.1) is 15.1 Å². The van der Waals surface area contributed by atoms with E-state index in [-0.39, 0.29) is 4.90 Å². The number of unbranched alkanes of at least 4 members (excludes halogenated alkanes) is 2. The number of nitrogens with zero attached hydrogens (tertiary/aromatic N) is 4. The summed E-state index contributed by atoms with van der Waals surface area (Å²) in [6.45, 7) is 1.54. The number of thiazole rings is 1. The third kappa shape index (κ3) is 4.58. The number of para-hydroxylation sites is 1. The van der Waals surface area contributed by atoms with Gasteiger partial charge in [-0.1, -0.05) is 42.0 Å². The summed E-state index contributed by atoms with van der Waals surface area (Å²) in [6.07, 6.45) is 4.29. The molecule has 2 aromatic heterocycles. The minimum absolute atomic E-state index is 0.161. The van der Waals surface area contributed by atoms with Gasteiger partial charge in [0.2, 0.25) is 0 Å². The van der Waals surface area contributed by atoms with Crippen molar-refractivity contribution in [2.24, 2.45) is 5.73 Å². The zero-order chi connectivity index (χ0) is 21.8. The van der Waals surface area contributed by atoms with Crippen LogP contribution in [0.1, 0.15) is 19.3 Å². The van der Waals surface area contributed by atoms with Crippen molar-refractivity contribution in [3.05, 3.63) is 36.4 Å². The molecule has 4 aromatic rings. The Kier molecular flexibility index (Phi) is 6.25. The van der Waals surface area contributed by atoms with Crippen molar-refractivity contribution in [3.8, 4) is 22.5 Å². The average molecular weight is 458 g/mol. The van der Waals surface area contributed by atoms with E-state index in [4.69, 9.17) is 10.7 Å². The molecule has 0 bridgehead atoms. The maximum absolute atomic E-state index is 12.5. The zero-order valence-corrected chi connectivity index (χ0v) is 18.6. The molecule has 0 aliphatic heterocycles. The van der Waals surface area contributed by atoms with Gasteiger partial charge in [-0.3, -0.25) is 0 Å². The molecule has 0 atom stereocenters. The Morgan fingerprint density at radius 2 is 1.90 bits per heavy atom. The van der Waals surface area contributed by atoms with Gasteiger partial charge in [0.15, 0.2) is 20.8 Å². The molecule has 0 radical (unpaired) electrons. The fourth-order valence-corrected chi connectivity index (χ4v) is 5.28. The first-order valence-electron chi connectivity index (χ1n) is 9.90. The highest BCUT2D eigenvalue weighted by molar-refractivity contribution is 7.90. The van der Waals surface area contributed by atoms with Crippen molar-refractivity contribution in [3.63, 3.8) is 0 Å². The average Bonchev–Trinajstić information content (AvgIpc) is 3.42. The van der Waals surface area contributed by atoms with Gasteiger partial charge in [-0.05, 0) is 47.5 Å². The van der Waals surface area contributed by atoms with Gasteiger partial charge >= 0.3 is 0 Å². The summed E-state index contributed by atoms with van der Waals surface area (Å²) < 4.78 is 26.0. The highest BCUT2D eigenvalue weighted by Gasteiger charge is 2.23. The van der Waals surface area contributed by atoms with Crippen LogP contribution >= 0.6 is 11.3 Å². The maximum atomic E-state index is 12.5. The Balaban J connectivity index is 1.79. The molecule has 0 aliphatic rings. The van der Waals surface area contributed by atoms with Crippen molar-refractivity contribution < 1.29 is 8.42 Å². The first kappa shape index (κ1) is 21.3. The van der Waals surface area contributed by atoms with Gasteiger partial charge in [-0.25, -0.2) is 18.5 Å². The fraction of sp³-hybridized carbons (Fsp3) is 0.300. The Morgan fingerprint density at radius 1 is 1.10 bits per heavy atom. The summed E-state index contributed by atoms with van der Waals surface area (Å²) in [7, 11) is -3.51. The van der Waals surface area contributed by atoms with Crippen LogP contribution in [0.4, 0.5) is 5.13 Å². The summed E-state index contributed by atoms with van der Waals surface area (Å²) in [5, 5.41) is 18.1. The molecule has 2 heterocycles. The molecule has 31 heavy (non-hydrogen) atoms. The first-order valence-corrected chi connectivity index (χ1v) is 12.6. The summed E-state index contributed by atoms with van der Waals surface area (Å²) in [5.74, 6) is 0.293. The molecule has 9 nitrogen and oxygen atoms in total. The van der Waals surface area contributed by atoms with Crippen molar-refractivity contribution in [1.29, 1.82) is 0 Å². The van der Waals surface area contributed by atoms with E-state index in [9.17, 15) is 8.42 Å². The Morgan fingerprint density at radius 3 is 2.65 bits per heavy atom. The number of tetrazole rings is 1. The molecule has 0 fully saturated rings. The maximum Gasteiger partial charge on any atom is 0.183 e. The van der Waals surface area contributed by atoms with Crippen LogP contribution in [0.15, 0.2) is 41.3 Å². The molecule has 11 heteroatoms. The van der Waals surface area contributed by atoms with Gasteiger partial charge in [-0.2, -0.15) is 0 Å². The van der Waals surface area contributed by atoms with Gasteiger partial charge < -0.3 is 11.1 Å². The second-order valence-corrected chi connectivity index (χ2v) is 10.2. The van der Waals surface area contributed by atoms with Crippen molar-refractivity contribution in [1.82, 2.24) is 25.6 Å². The molecule has 0 spiro atoms. The molecule has 4 N–H and O–H groups in total. The third-order valence-electron chi connectivity index (χ3n) is 4.87. The normalized spacial score (nSPS) is 11.8. The zero-order valence-electron chi connectivity index (χ0n) is 17.0. The van der Waals surface area contributed by atoms with Crippen molar-refractivity contribution in [2.75, 3.05) is 24.7 Å². The Labute approximate surface area is 184 Å².